The summed E-state index contributed by atoms with van der Waals surface area (Å²) in [7, 11) is 0. The zero-order chi connectivity index (χ0) is 29.0. The number of benzene rings is 2. The molecule has 2 aromatic carbocycles. The number of carbonyl (C=O) groups excluding carboxylic acids is 1. The third kappa shape index (κ3) is 8.75. The Labute approximate surface area is 234 Å². The van der Waals surface area contributed by atoms with Crippen LogP contribution in [-0.4, -0.2) is 17.7 Å². The molecule has 0 aliphatic carbocycles. The first-order valence-electron chi connectivity index (χ1n) is 11.6. The van der Waals surface area contributed by atoms with E-state index in [4.69, 9.17) is 18.7 Å². The number of hydrogen-bond acceptors (Lipinski definition) is 5. The monoisotopic (exact) mass is 586 g/mol. The lowest BCUT2D eigenvalue weighted by Gasteiger charge is -2.06. The van der Waals surface area contributed by atoms with Gasteiger partial charge in [0.2, 0.25) is 0 Å². The molecule has 41 heavy (non-hydrogen) atoms. The molecule has 0 fully saturated rings. The van der Waals surface area contributed by atoms with Crippen LogP contribution in [0.4, 0.5) is 26.3 Å². The normalized spacial score (nSPS) is 11.1. The Balaban J connectivity index is 0.000000395. The van der Waals surface area contributed by atoms with Crippen LogP contribution in [0.2, 0.25) is 0 Å². The summed E-state index contributed by atoms with van der Waals surface area (Å²) in [5, 5.41) is 9.02. The molecule has 4 aromatic rings. The molecule has 1 N–H and O–H groups in total. The van der Waals surface area contributed by atoms with Crippen molar-refractivity contribution in [3.8, 4) is 22.6 Å². The van der Waals surface area contributed by atoms with Crippen LogP contribution in [0.1, 0.15) is 60.3 Å². The van der Waals surface area contributed by atoms with Crippen LogP contribution in [0.15, 0.2) is 69.5 Å². The van der Waals surface area contributed by atoms with Crippen LogP contribution in [0.3, 0.4) is 0 Å². The van der Waals surface area contributed by atoms with Crippen molar-refractivity contribution >= 4 is 5.97 Å². The van der Waals surface area contributed by atoms with Crippen molar-refractivity contribution in [2.45, 2.75) is 54.6 Å². The fourth-order valence-electron chi connectivity index (χ4n) is 3.50. The average molecular weight is 587 g/mol. The molecule has 11 heteroatoms. The highest BCUT2D eigenvalue weighted by Gasteiger charge is 2.31. The van der Waals surface area contributed by atoms with Gasteiger partial charge in [-0.15, -0.1) is 0 Å². The second-order valence-corrected chi connectivity index (χ2v) is 8.30. The maximum atomic E-state index is 12.5. The molecule has 2 heterocycles. The van der Waals surface area contributed by atoms with Gasteiger partial charge in [0.1, 0.15) is 28.6 Å². The highest BCUT2D eigenvalue weighted by molar-refractivity contribution is 5.91. The lowest BCUT2D eigenvalue weighted by molar-refractivity contribution is -0.138. The van der Waals surface area contributed by atoms with Crippen molar-refractivity contribution in [1.82, 2.24) is 0 Å². The number of alkyl halides is 6. The Kier molecular flexibility index (Phi) is 12.0. The van der Waals surface area contributed by atoms with Gasteiger partial charge in [-0.05, 0) is 57.2 Å². The minimum atomic E-state index is -4.38. The molecule has 0 atom stereocenters. The number of halogens is 6. The molecule has 5 nitrogen and oxygen atoms in total. The van der Waals surface area contributed by atoms with Crippen LogP contribution in [0.5, 0.6) is 0 Å². The van der Waals surface area contributed by atoms with Crippen LogP contribution < -0.4 is 0 Å². The molecular weight excluding hydrogens is 554 g/mol. The Hall–Kier alpha value is -3.99. The van der Waals surface area contributed by atoms with Crippen molar-refractivity contribution < 1.29 is 49.8 Å². The summed E-state index contributed by atoms with van der Waals surface area (Å²) in [6, 6.07) is 12.3. The lowest BCUT2D eigenvalue weighted by Crippen LogP contribution is -2.04. The first-order chi connectivity index (χ1) is 18.2. The molecule has 224 valence electrons. The summed E-state index contributed by atoms with van der Waals surface area (Å²) in [5.41, 5.74) is 0.473. The number of rotatable bonds is 5. The highest BCUT2D eigenvalue weighted by atomic mass is 19.4. The van der Waals surface area contributed by atoms with Crippen LogP contribution in [-0.2, 0) is 23.7 Å². The van der Waals surface area contributed by atoms with Crippen molar-refractivity contribution in [2.24, 2.45) is 0 Å². The van der Waals surface area contributed by atoms with E-state index in [0.29, 0.717) is 39.7 Å². The van der Waals surface area contributed by atoms with Crippen molar-refractivity contribution in [2.75, 3.05) is 6.61 Å². The van der Waals surface area contributed by atoms with Crippen LogP contribution in [0.25, 0.3) is 22.6 Å². The van der Waals surface area contributed by atoms with E-state index in [0.717, 1.165) is 24.3 Å². The third-order valence-electron chi connectivity index (χ3n) is 5.60. The van der Waals surface area contributed by atoms with Gasteiger partial charge in [0.25, 0.3) is 0 Å². The minimum absolute atomic E-state index is 0. The highest BCUT2D eigenvalue weighted by Crippen LogP contribution is 2.33. The molecule has 0 unspecified atom stereocenters. The zero-order valence-electron chi connectivity index (χ0n) is 21.0. The number of esters is 1. The Morgan fingerprint density at radius 1 is 0.756 bits per heavy atom. The van der Waals surface area contributed by atoms with Gasteiger partial charge in [0.15, 0.2) is 0 Å². The molecule has 0 saturated heterocycles. The predicted octanol–water partition coefficient (Wildman–Crippen LogP) is 9.49. The Morgan fingerprint density at radius 2 is 1.17 bits per heavy atom. The molecule has 0 amide bonds. The Bertz CT molecular complexity index is 1400. The van der Waals surface area contributed by atoms with E-state index in [1.807, 2.05) is 0 Å². The number of hydrogen-bond donors (Lipinski definition) is 1. The largest absolute Gasteiger partial charge is 0.462 e. The van der Waals surface area contributed by atoms with E-state index >= 15 is 0 Å². The summed E-state index contributed by atoms with van der Waals surface area (Å²) in [5.74, 6) is 1.18. The number of aliphatic hydroxyl groups excluding tert-OH is 1. The second-order valence-electron chi connectivity index (χ2n) is 8.30. The summed E-state index contributed by atoms with van der Waals surface area (Å²) < 4.78 is 90.3. The first kappa shape index (κ1) is 35.0. The number of furan rings is 2. The van der Waals surface area contributed by atoms with E-state index in [2.05, 4.69) is 0 Å². The van der Waals surface area contributed by atoms with Gasteiger partial charge in [-0.3, -0.25) is 0 Å². The predicted molar refractivity (Wildman–Crippen MR) is 143 cm³/mol. The molecule has 2 aromatic heterocycles. The molecule has 0 saturated carbocycles. The van der Waals surface area contributed by atoms with Crippen molar-refractivity contribution in [1.29, 1.82) is 0 Å². The van der Waals surface area contributed by atoms with Gasteiger partial charge >= 0.3 is 18.3 Å². The van der Waals surface area contributed by atoms with Gasteiger partial charge in [-0.1, -0.05) is 39.1 Å². The smallest absolute Gasteiger partial charge is 0.416 e. The molecule has 0 aliphatic heterocycles. The van der Waals surface area contributed by atoms with E-state index in [1.54, 1.807) is 26.8 Å². The van der Waals surface area contributed by atoms with E-state index < -0.39 is 29.4 Å². The fourth-order valence-corrected chi connectivity index (χ4v) is 3.50. The van der Waals surface area contributed by atoms with E-state index in [9.17, 15) is 31.1 Å². The number of aryl methyl sites for hydroxylation is 2. The quantitative estimate of drug-likeness (QED) is 0.186. The van der Waals surface area contributed by atoms with Gasteiger partial charge in [-0.2, -0.15) is 26.3 Å². The number of aliphatic hydroxyl groups is 1. The lowest BCUT2D eigenvalue weighted by atomic mass is 10.1. The van der Waals surface area contributed by atoms with Gasteiger partial charge in [0.05, 0.1) is 24.3 Å². The summed E-state index contributed by atoms with van der Waals surface area (Å²) in [6.45, 7) is 5.05. The van der Waals surface area contributed by atoms with Crippen LogP contribution in [0, 0.1) is 13.8 Å². The number of ether oxygens (including phenoxy) is 1. The molecule has 0 aliphatic rings. The van der Waals surface area contributed by atoms with Crippen molar-refractivity contribution in [3.05, 3.63) is 94.4 Å². The maximum absolute atomic E-state index is 12.5. The Morgan fingerprint density at radius 3 is 1.54 bits per heavy atom. The van der Waals surface area contributed by atoms with E-state index in [1.165, 1.54) is 30.3 Å². The minimum Gasteiger partial charge on any atom is -0.462 e. The van der Waals surface area contributed by atoms with Gasteiger partial charge in [-0.25, -0.2) is 4.79 Å². The molecule has 0 bridgehead atoms. The first-order valence-corrected chi connectivity index (χ1v) is 11.6. The van der Waals surface area contributed by atoms with E-state index in [-0.39, 0.29) is 33.6 Å². The average Bonchev–Trinajstić information content (AvgIpc) is 3.46. The van der Waals surface area contributed by atoms with Gasteiger partial charge in [0, 0.05) is 16.7 Å². The summed E-state index contributed by atoms with van der Waals surface area (Å²) in [4.78, 5) is 11.7. The fraction of sp³-hybridized carbons (Fsp3) is 0.300. The maximum Gasteiger partial charge on any atom is 0.416 e. The topological polar surface area (TPSA) is 72.8 Å². The molecular formula is C30H32F6O5. The SMILES string of the molecule is C.C.CCOC(=O)c1cc(-c2ccc(C(F)(F)F)cc2)oc1C.Cc1oc(-c2ccc(C(F)(F)F)cc2)cc1CO. The van der Waals surface area contributed by atoms with Crippen molar-refractivity contribution in [3.63, 3.8) is 0 Å². The summed E-state index contributed by atoms with van der Waals surface area (Å²) >= 11 is 0. The summed E-state index contributed by atoms with van der Waals surface area (Å²) in [6.07, 6.45) is -8.72. The number of carbonyl (C=O) groups is 1. The van der Waals surface area contributed by atoms with Gasteiger partial charge < -0.3 is 18.7 Å². The molecule has 0 radical (unpaired) electrons. The molecule has 4 rings (SSSR count). The zero-order valence-corrected chi connectivity index (χ0v) is 21.0. The molecule has 0 spiro atoms. The second kappa shape index (κ2) is 14.1. The van der Waals surface area contributed by atoms with Crippen LogP contribution >= 0.6 is 0 Å². The third-order valence-corrected chi connectivity index (χ3v) is 5.60. The standard InChI is InChI=1S/C15H13F3O3.C13H11F3O2.2CH4/c1-3-20-14(19)12-8-13(21-9(12)2)10-4-6-11(7-5-10)15(16,17)18;1-8-10(7-17)6-12(18-8)9-2-4-11(5-3-9)13(14,15)16;;/h4-8H,3H2,1-2H3;2-6,17H,7H2,1H3;2*1H4.